The van der Waals surface area contributed by atoms with E-state index in [9.17, 15) is 14.0 Å². The highest BCUT2D eigenvalue weighted by Gasteiger charge is 2.31. The second kappa shape index (κ2) is 8.68. The predicted molar refractivity (Wildman–Crippen MR) is 120 cm³/mol. The highest BCUT2D eigenvalue weighted by Crippen LogP contribution is 2.31. The molecule has 0 spiro atoms. The van der Waals surface area contributed by atoms with Crippen LogP contribution >= 0.6 is 0 Å². The zero-order valence-corrected chi connectivity index (χ0v) is 18.6. The van der Waals surface area contributed by atoms with Crippen molar-refractivity contribution in [2.45, 2.75) is 46.1 Å². The lowest BCUT2D eigenvalue weighted by Crippen LogP contribution is -2.43. The highest BCUT2D eigenvalue weighted by molar-refractivity contribution is 5.98. The molecule has 4 rings (SSSR count). The fourth-order valence-corrected chi connectivity index (χ4v) is 4.58. The van der Waals surface area contributed by atoms with Crippen molar-refractivity contribution in [1.29, 1.82) is 0 Å². The van der Waals surface area contributed by atoms with Gasteiger partial charge in [0.15, 0.2) is 0 Å². The SMILES string of the molecule is Cc1cc(C)n(C[C@H](C)C(=O)N2CCC[C@@H](c3nc4ccc(F)cc4cc3C(N)=O)C2)n1. The molecule has 0 aliphatic carbocycles. The average Bonchev–Trinajstić information content (AvgIpc) is 3.08. The second-order valence-electron chi connectivity index (χ2n) is 8.76. The van der Waals surface area contributed by atoms with Gasteiger partial charge in [-0.15, -0.1) is 0 Å². The first-order valence-corrected chi connectivity index (χ1v) is 10.9. The molecule has 1 fully saturated rings. The summed E-state index contributed by atoms with van der Waals surface area (Å²) in [5.41, 5.74) is 9.07. The molecule has 1 aliphatic rings. The first-order chi connectivity index (χ1) is 15.2. The average molecular weight is 438 g/mol. The number of nitrogens with zero attached hydrogens (tertiary/aromatic N) is 4. The first kappa shape index (κ1) is 21.9. The van der Waals surface area contributed by atoms with Gasteiger partial charge in [-0.25, -0.2) is 4.39 Å². The number of aryl methyl sites for hydroxylation is 2. The number of rotatable bonds is 5. The molecule has 0 radical (unpaired) electrons. The smallest absolute Gasteiger partial charge is 0.250 e. The summed E-state index contributed by atoms with van der Waals surface area (Å²) in [4.78, 5) is 31.9. The van der Waals surface area contributed by atoms with Crippen molar-refractivity contribution in [2.24, 2.45) is 11.7 Å². The molecular formula is C24H28FN5O2. The molecule has 1 aromatic carbocycles. The van der Waals surface area contributed by atoms with E-state index in [1.54, 1.807) is 12.1 Å². The van der Waals surface area contributed by atoms with E-state index in [1.165, 1.54) is 12.1 Å². The summed E-state index contributed by atoms with van der Waals surface area (Å²) in [6, 6.07) is 7.89. The van der Waals surface area contributed by atoms with Gasteiger partial charge in [0.05, 0.1) is 34.9 Å². The number of carbonyl (C=O) groups excluding carboxylic acids is 2. The van der Waals surface area contributed by atoms with Crippen LogP contribution in [0.2, 0.25) is 0 Å². The van der Waals surface area contributed by atoms with Crippen LogP contribution in [-0.2, 0) is 11.3 Å². The Balaban J connectivity index is 1.57. The molecule has 2 aromatic heterocycles. The molecule has 1 saturated heterocycles. The Morgan fingerprint density at radius 1 is 1.25 bits per heavy atom. The Hall–Kier alpha value is -3.29. The quantitative estimate of drug-likeness (QED) is 0.662. The monoisotopic (exact) mass is 437 g/mol. The Labute approximate surface area is 186 Å². The van der Waals surface area contributed by atoms with Gasteiger partial charge in [-0.3, -0.25) is 19.3 Å². The van der Waals surface area contributed by atoms with Crippen molar-refractivity contribution in [1.82, 2.24) is 19.7 Å². The van der Waals surface area contributed by atoms with Gasteiger partial charge in [-0.1, -0.05) is 6.92 Å². The highest BCUT2D eigenvalue weighted by atomic mass is 19.1. The molecule has 1 aliphatic heterocycles. The van der Waals surface area contributed by atoms with Crippen molar-refractivity contribution >= 4 is 22.7 Å². The van der Waals surface area contributed by atoms with Crippen molar-refractivity contribution in [3.63, 3.8) is 0 Å². The largest absolute Gasteiger partial charge is 0.366 e. The summed E-state index contributed by atoms with van der Waals surface area (Å²) in [5.74, 6) is -1.26. The standard InChI is InChI=1S/C24H28FN5O2/c1-14(12-30-16(3)9-15(2)28-30)24(32)29-8-4-5-17(13-29)22-20(23(26)31)11-18-10-19(25)6-7-21(18)27-22/h6-7,9-11,14,17H,4-5,8,12-13H2,1-3H3,(H2,26,31)/t14-,17+/m0/s1. The molecule has 3 heterocycles. The van der Waals surface area contributed by atoms with E-state index in [1.807, 2.05) is 36.4 Å². The third kappa shape index (κ3) is 4.35. The normalized spacial score (nSPS) is 17.5. The van der Waals surface area contributed by atoms with E-state index in [4.69, 9.17) is 5.73 Å². The summed E-state index contributed by atoms with van der Waals surface area (Å²) in [5, 5.41) is 5.00. The molecule has 0 bridgehead atoms. The van der Waals surface area contributed by atoms with Gasteiger partial charge in [-0.2, -0.15) is 5.10 Å². The molecule has 7 nitrogen and oxygen atoms in total. The van der Waals surface area contributed by atoms with Crippen LogP contribution in [-0.4, -0.2) is 44.6 Å². The number of aromatic nitrogens is 3. The zero-order valence-electron chi connectivity index (χ0n) is 18.6. The van der Waals surface area contributed by atoms with Crippen LogP contribution in [0.3, 0.4) is 0 Å². The van der Waals surface area contributed by atoms with Gasteiger partial charge in [0.1, 0.15) is 5.82 Å². The van der Waals surface area contributed by atoms with E-state index >= 15 is 0 Å². The first-order valence-electron chi connectivity index (χ1n) is 10.9. The maximum absolute atomic E-state index is 13.6. The van der Waals surface area contributed by atoms with Gasteiger partial charge in [0, 0.05) is 30.1 Å². The van der Waals surface area contributed by atoms with Crippen LogP contribution in [0.4, 0.5) is 4.39 Å². The molecule has 2 amide bonds. The van der Waals surface area contributed by atoms with E-state index in [-0.39, 0.29) is 23.3 Å². The molecule has 8 heteroatoms. The number of halogens is 1. The van der Waals surface area contributed by atoms with Crippen LogP contribution in [0.1, 0.15) is 53.1 Å². The van der Waals surface area contributed by atoms with Gasteiger partial charge in [0.25, 0.3) is 5.91 Å². The fraction of sp³-hybridized carbons (Fsp3) is 0.417. The number of likely N-dealkylation sites (tertiary alicyclic amines) is 1. The van der Waals surface area contributed by atoms with E-state index in [0.29, 0.717) is 36.2 Å². The number of nitrogens with two attached hydrogens (primary N) is 1. The van der Waals surface area contributed by atoms with Crippen molar-refractivity contribution < 1.29 is 14.0 Å². The second-order valence-corrected chi connectivity index (χ2v) is 8.76. The number of primary amides is 1. The molecular weight excluding hydrogens is 409 g/mol. The van der Waals surface area contributed by atoms with E-state index < -0.39 is 11.7 Å². The minimum Gasteiger partial charge on any atom is -0.366 e. The summed E-state index contributed by atoms with van der Waals surface area (Å²) in [6.45, 7) is 7.50. The topological polar surface area (TPSA) is 94.1 Å². The van der Waals surface area contributed by atoms with Crippen molar-refractivity contribution in [3.05, 3.63) is 58.8 Å². The van der Waals surface area contributed by atoms with Crippen molar-refractivity contribution in [2.75, 3.05) is 13.1 Å². The third-order valence-corrected chi connectivity index (χ3v) is 6.16. The van der Waals surface area contributed by atoms with Crippen LogP contribution in [0.25, 0.3) is 10.9 Å². The molecule has 0 saturated carbocycles. The number of piperidine rings is 1. The van der Waals surface area contributed by atoms with Crippen LogP contribution in [0.5, 0.6) is 0 Å². The van der Waals surface area contributed by atoms with Gasteiger partial charge in [-0.05, 0) is 57.0 Å². The van der Waals surface area contributed by atoms with Gasteiger partial charge in [0.2, 0.25) is 5.91 Å². The number of hydrogen-bond acceptors (Lipinski definition) is 4. The van der Waals surface area contributed by atoms with Gasteiger partial charge < -0.3 is 10.6 Å². The Morgan fingerprint density at radius 3 is 2.72 bits per heavy atom. The Kier molecular flexibility index (Phi) is 5.95. The molecule has 168 valence electrons. The number of carbonyl (C=O) groups is 2. The molecule has 2 N–H and O–H groups in total. The molecule has 3 aromatic rings. The Morgan fingerprint density at radius 2 is 2.03 bits per heavy atom. The summed E-state index contributed by atoms with van der Waals surface area (Å²) >= 11 is 0. The molecule has 32 heavy (non-hydrogen) atoms. The van der Waals surface area contributed by atoms with Crippen molar-refractivity contribution in [3.8, 4) is 0 Å². The summed E-state index contributed by atoms with van der Waals surface area (Å²) < 4.78 is 15.5. The molecule has 0 unspecified atom stereocenters. The zero-order chi connectivity index (χ0) is 23.0. The number of fused-ring (bicyclic) bond motifs is 1. The fourth-order valence-electron chi connectivity index (χ4n) is 4.58. The van der Waals surface area contributed by atoms with Crippen LogP contribution in [0.15, 0.2) is 30.3 Å². The predicted octanol–water partition coefficient (Wildman–Crippen LogP) is 3.33. The van der Waals surface area contributed by atoms with E-state index in [2.05, 4.69) is 10.1 Å². The number of hydrogen-bond donors (Lipinski definition) is 1. The minimum atomic E-state index is -0.597. The minimum absolute atomic E-state index is 0.0609. The lowest BCUT2D eigenvalue weighted by atomic mass is 9.90. The third-order valence-electron chi connectivity index (χ3n) is 6.16. The molecule has 2 atom stereocenters. The maximum Gasteiger partial charge on any atom is 0.250 e. The number of benzene rings is 1. The summed E-state index contributed by atoms with van der Waals surface area (Å²) in [6.07, 6.45) is 1.61. The van der Waals surface area contributed by atoms with Gasteiger partial charge >= 0.3 is 0 Å². The lowest BCUT2D eigenvalue weighted by molar-refractivity contribution is -0.136. The lowest BCUT2D eigenvalue weighted by Gasteiger charge is -2.34. The van der Waals surface area contributed by atoms with Crippen LogP contribution in [0, 0.1) is 25.6 Å². The van der Waals surface area contributed by atoms with Crippen LogP contribution < -0.4 is 5.73 Å². The summed E-state index contributed by atoms with van der Waals surface area (Å²) in [7, 11) is 0. The van der Waals surface area contributed by atoms with E-state index in [0.717, 1.165) is 24.2 Å². The number of pyridine rings is 1. The Bertz CT molecular complexity index is 1190. The number of amides is 2. The maximum atomic E-state index is 13.6.